The summed E-state index contributed by atoms with van der Waals surface area (Å²) in [6, 6.07) is 8.49. The first-order valence-electron chi connectivity index (χ1n) is 6.82. The molecule has 0 bridgehead atoms. The van der Waals surface area contributed by atoms with Crippen molar-refractivity contribution in [3.8, 4) is 0 Å². The highest BCUT2D eigenvalue weighted by molar-refractivity contribution is 9.10. The van der Waals surface area contributed by atoms with Crippen LogP contribution < -0.4 is 5.32 Å². The molecule has 0 aliphatic rings. The maximum atomic E-state index is 4.42. The van der Waals surface area contributed by atoms with E-state index in [1.807, 2.05) is 18.7 Å². The number of para-hydroxylation sites is 1. The monoisotopic (exact) mass is 335 g/mol. The van der Waals surface area contributed by atoms with Crippen LogP contribution in [0.3, 0.4) is 0 Å². The Hall–Kier alpha value is -1.29. The van der Waals surface area contributed by atoms with Gasteiger partial charge in [0.15, 0.2) is 0 Å². The summed E-state index contributed by atoms with van der Waals surface area (Å²) in [6.07, 6.45) is 0. The van der Waals surface area contributed by atoms with Crippen LogP contribution in [0, 0.1) is 6.92 Å². The Kier molecular flexibility index (Phi) is 4.23. The number of aryl methyl sites for hydroxylation is 2. The van der Waals surface area contributed by atoms with E-state index in [1.165, 1.54) is 11.3 Å². The van der Waals surface area contributed by atoms with Gasteiger partial charge in [0, 0.05) is 12.7 Å². The number of hydrogen-bond donors (Lipinski definition) is 1. The number of benzene rings is 1. The summed E-state index contributed by atoms with van der Waals surface area (Å²) in [4.78, 5) is 0. The average molecular weight is 336 g/mol. The van der Waals surface area contributed by atoms with Gasteiger partial charge in [0.05, 0.1) is 22.4 Å². The molecule has 3 nitrogen and oxygen atoms in total. The molecule has 20 heavy (non-hydrogen) atoms. The third kappa shape index (κ3) is 3.06. The Labute approximate surface area is 129 Å². The molecule has 108 valence electrons. The number of nitrogens with one attached hydrogen (secondary N) is 1. The number of halogens is 1. The first-order chi connectivity index (χ1) is 9.30. The fourth-order valence-corrected chi connectivity index (χ4v) is 2.82. The van der Waals surface area contributed by atoms with Crippen molar-refractivity contribution >= 4 is 21.6 Å². The van der Waals surface area contributed by atoms with Gasteiger partial charge in [-0.15, -0.1) is 0 Å². The van der Waals surface area contributed by atoms with Crippen LogP contribution in [0.15, 0.2) is 28.7 Å². The standard InChI is InChI=1S/C16H22BrN3/c1-11-15(17)14(20(5)19-11)10-18-13-9-7-6-8-12(13)16(2,3)4/h6-9,18H,10H2,1-5H3. The van der Waals surface area contributed by atoms with Gasteiger partial charge >= 0.3 is 0 Å². The smallest absolute Gasteiger partial charge is 0.0739 e. The molecule has 0 fully saturated rings. The molecule has 4 heteroatoms. The second-order valence-electron chi connectivity index (χ2n) is 6.12. The molecule has 1 N–H and O–H groups in total. The van der Waals surface area contributed by atoms with E-state index in [0.29, 0.717) is 0 Å². The van der Waals surface area contributed by atoms with Gasteiger partial charge in [-0.2, -0.15) is 5.10 Å². The molecule has 0 radical (unpaired) electrons. The van der Waals surface area contributed by atoms with E-state index < -0.39 is 0 Å². The van der Waals surface area contributed by atoms with Gasteiger partial charge < -0.3 is 5.32 Å². The fourth-order valence-electron chi connectivity index (χ4n) is 2.34. The SMILES string of the molecule is Cc1nn(C)c(CNc2ccccc2C(C)(C)C)c1Br. The van der Waals surface area contributed by atoms with Gasteiger partial charge in [0.25, 0.3) is 0 Å². The Bertz CT molecular complexity index is 609. The largest absolute Gasteiger partial charge is 0.379 e. The Morgan fingerprint density at radius 1 is 1.25 bits per heavy atom. The van der Waals surface area contributed by atoms with Crippen LogP contribution in [-0.4, -0.2) is 9.78 Å². The van der Waals surface area contributed by atoms with Crippen LogP contribution >= 0.6 is 15.9 Å². The van der Waals surface area contributed by atoms with Crippen molar-refractivity contribution in [2.75, 3.05) is 5.32 Å². The minimum absolute atomic E-state index is 0.128. The third-order valence-electron chi connectivity index (χ3n) is 3.44. The van der Waals surface area contributed by atoms with Gasteiger partial charge in [0.1, 0.15) is 0 Å². The Balaban J connectivity index is 2.24. The van der Waals surface area contributed by atoms with Crippen molar-refractivity contribution in [2.24, 2.45) is 7.05 Å². The maximum Gasteiger partial charge on any atom is 0.0739 e. The highest BCUT2D eigenvalue weighted by Crippen LogP contribution is 2.30. The molecule has 0 amide bonds. The third-order valence-corrected chi connectivity index (χ3v) is 4.47. The van der Waals surface area contributed by atoms with Crippen LogP contribution in [-0.2, 0) is 19.0 Å². The van der Waals surface area contributed by atoms with E-state index in [0.717, 1.165) is 22.4 Å². The van der Waals surface area contributed by atoms with Gasteiger partial charge in [-0.25, -0.2) is 0 Å². The number of anilines is 1. The number of nitrogens with zero attached hydrogens (tertiary/aromatic N) is 2. The second kappa shape index (κ2) is 5.60. The lowest BCUT2D eigenvalue weighted by atomic mass is 9.86. The molecule has 0 aliphatic carbocycles. The molecular formula is C16H22BrN3. The van der Waals surface area contributed by atoms with Crippen molar-refractivity contribution in [3.05, 3.63) is 45.7 Å². The van der Waals surface area contributed by atoms with Crippen molar-refractivity contribution in [1.29, 1.82) is 0 Å². The quantitative estimate of drug-likeness (QED) is 0.900. The summed E-state index contributed by atoms with van der Waals surface area (Å²) in [5.74, 6) is 0. The molecular weight excluding hydrogens is 314 g/mol. The van der Waals surface area contributed by atoms with Crippen molar-refractivity contribution in [2.45, 2.75) is 39.7 Å². The molecule has 2 aromatic rings. The molecule has 0 saturated heterocycles. The van der Waals surface area contributed by atoms with Gasteiger partial charge in [0.2, 0.25) is 0 Å². The number of aromatic nitrogens is 2. The highest BCUT2D eigenvalue weighted by atomic mass is 79.9. The predicted octanol–water partition coefficient (Wildman–Crippen LogP) is 4.40. The summed E-state index contributed by atoms with van der Waals surface area (Å²) in [7, 11) is 1.98. The van der Waals surface area contributed by atoms with Crippen LogP contribution in [0.2, 0.25) is 0 Å². The van der Waals surface area contributed by atoms with Gasteiger partial charge in [-0.1, -0.05) is 39.0 Å². The molecule has 1 aromatic heterocycles. The topological polar surface area (TPSA) is 29.9 Å². The summed E-state index contributed by atoms with van der Waals surface area (Å²) in [5.41, 5.74) is 4.82. The Morgan fingerprint density at radius 2 is 1.90 bits per heavy atom. The normalized spacial score (nSPS) is 11.7. The zero-order valence-electron chi connectivity index (χ0n) is 12.8. The first kappa shape index (κ1) is 15.1. The summed E-state index contributed by atoms with van der Waals surface area (Å²) >= 11 is 3.61. The molecule has 0 atom stereocenters. The molecule has 0 unspecified atom stereocenters. The average Bonchev–Trinajstić information content (AvgIpc) is 2.60. The van der Waals surface area contributed by atoms with Crippen LogP contribution in [0.5, 0.6) is 0 Å². The van der Waals surface area contributed by atoms with Crippen LogP contribution in [0.4, 0.5) is 5.69 Å². The van der Waals surface area contributed by atoms with E-state index in [4.69, 9.17) is 0 Å². The lowest BCUT2D eigenvalue weighted by Gasteiger charge is -2.23. The van der Waals surface area contributed by atoms with E-state index >= 15 is 0 Å². The summed E-state index contributed by atoms with van der Waals surface area (Å²) in [6.45, 7) is 9.47. The zero-order valence-corrected chi connectivity index (χ0v) is 14.4. The fraction of sp³-hybridized carbons (Fsp3) is 0.438. The molecule has 2 rings (SSSR count). The molecule has 0 aliphatic heterocycles. The van der Waals surface area contributed by atoms with E-state index in [2.05, 4.69) is 71.4 Å². The second-order valence-corrected chi connectivity index (χ2v) is 6.91. The molecule has 0 saturated carbocycles. The molecule has 1 heterocycles. The van der Waals surface area contributed by atoms with E-state index in [9.17, 15) is 0 Å². The zero-order chi connectivity index (χ0) is 14.9. The van der Waals surface area contributed by atoms with E-state index in [1.54, 1.807) is 0 Å². The van der Waals surface area contributed by atoms with Crippen LogP contribution in [0.25, 0.3) is 0 Å². The maximum absolute atomic E-state index is 4.42. The van der Waals surface area contributed by atoms with Gasteiger partial charge in [-0.3, -0.25) is 4.68 Å². The minimum Gasteiger partial charge on any atom is -0.379 e. The van der Waals surface area contributed by atoms with Crippen molar-refractivity contribution < 1.29 is 0 Å². The minimum atomic E-state index is 0.128. The molecule has 0 spiro atoms. The molecule has 1 aromatic carbocycles. The van der Waals surface area contributed by atoms with Crippen molar-refractivity contribution in [1.82, 2.24) is 9.78 Å². The Morgan fingerprint density at radius 3 is 2.45 bits per heavy atom. The summed E-state index contributed by atoms with van der Waals surface area (Å²) < 4.78 is 3.01. The lowest BCUT2D eigenvalue weighted by molar-refractivity contribution is 0.591. The van der Waals surface area contributed by atoms with Crippen molar-refractivity contribution in [3.63, 3.8) is 0 Å². The first-order valence-corrected chi connectivity index (χ1v) is 7.61. The predicted molar refractivity (Wildman–Crippen MR) is 88.1 cm³/mol. The van der Waals surface area contributed by atoms with Gasteiger partial charge in [-0.05, 0) is 39.9 Å². The van der Waals surface area contributed by atoms with E-state index in [-0.39, 0.29) is 5.41 Å². The van der Waals surface area contributed by atoms with Crippen LogP contribution in [0.1, 0.15) is 37.7 Å². The number of hydrogen-bond acceptors (Lipinski definition) is 2. The lowest BCUT2D eigenvalue weighted by Crippen LogP contribution is -2.15. The number of rotatable bonds is 3. The summed E-state index contributed by atoms with van der Waals surface area (Å²) in [5, 5.41) is 7.96. The highest BCUT2D eigenvalue weighted by Gasteiger charge is 2.18.